The molecule has 2 N–H and O–H groups in total. The van der Waals surface area contributed by atoms with Gasteiger partial charge in [0.2, 0.25) is 15.9 Å². The molecule has 4 rings (SSSR count). The number of thiol groups is 1. The average molecular weight is 621 g/mol. The summed E-state index contributed by atoms with van der Waals surface area (Å²) in [5.74, 6) is -0.0545. The summed E-state index contributed by atoms with van der Waals surface area (Å²) >= 11 is 10.1. The fourth-order valence-corrected chi connectivity index (χ4v) is 6.19. The monoisotopic (exact) mass is 620 g/mol. The molecule has 1 aromatic carbocycles. The van der Waals surface area contributed by atoms with Gasteiger partial charge in [0.1, 0.15) is 10.5 Å². The standard InChI is InChI=1S/C29H33ClN2O5S2.CH4O/c30-25-13-9-23(10-14-25)5-3-7-28(38)39(35,36)31-29(21-33)20-26(29)24-6-2-1-4-22(8-12-24)11-15-27(34)32-16-18-37-19-17-32;1-2/h1,3-10,12-14,21-22,26,31,38H,2,11,15-20H2;2H,1H3/b4-1-,5-3+,12-8?,24-6+,28-7+;. The van der Waals surface area contributed by atoms with Crippen LogP contribution in [0.1, 0.15) is 31.2 Å². The quantitative estimate of drug-likeness (QED) is 0.156. The number of aliphatic hydroxyl groups excluding tert-OH is 1. The summed E-state index contributed by atoms with van der Waals surface area (Å²) < 4.78 is 33.6. The van der Waals surface area contributed by atoms with Crippen LogP contribution in [0.25, 0.3) is 6.08 Å². The molecule has 0 bridgehead atoms. The van der Waals surface area contributed by atoms with Gasteiger partial charge in [0, 0.05) is 37.6 Å². The van der Waals surface area contributed by atoms with Crippen molar-refractivity contribution < 1.29 is 27.9 Å². The summed E-state index contributed by atoms with van der Waals surface area (Å²) in [4.78, 5) is 26.5. The highest BCUT2D eigenvalue weighted by molar-refractivity contribution is 8.09. The molecule has 1 aliphatic heterocycles. The molecule has 3 aliphatic rings. The van der Waals surface area contributed by atoms with Crippen molar-refractivity contribution in [3.05, 3.63) is 87.2 Å². The van der Waals surface area contributed by atoms with Gasteiger partial charge in [0.05, 0.1) is 18.8 Å². The molecule has 2 fully saturated rings. The highest BCUT2D eigenvalue weighted by atomic mass is 35.5. The number of nitrogens with one attached hydrogen (secondary N) is 1. The van der Waals surface area contributed by atoms with Gasteiger partial charge in [-0.15, -0.1) is 12.6 Å². The molecule has 0 aromatic heterocycles. The minimum absolute atomic E-state index is 0.0826. The second-order valence-corrected chi connectivity index (χ2v) is 12.7. The van der Waals surface area contributed by atoms with Crippen LogP contribution in [0, 0.1) is 11.8 Å². The number of aldehydes is 1. The van der Waals surface area contributed by atoms with Crippen LogP contribution in [-0.4, -0.2) is 69.6 Å². The number of rotatable bonds is 10. The molecule has 222 valence electrons. The summed E-state index contributed by atoms with van der Waals surface area (Å²) in [5, 5.41) is 7.61. The first-order chi connectivity index (χ1) is 19.7. The van der Waals surface area contributed by atoms with E-state index in [0.717, 1.165) is 18.2 Å². The van der Waals surface area contributed by atoms with Crippen molar-refractivity contribution in [2.24, 2.45) is 11.8 Å². The molecule has 3 atom stereocenters. The van der Waals surface area contributed by atoms with Crippen LogP contribution < -0.4 is 4.72 Å². The number of carbonyl (C=O) groups is 2. The lowest BCUT2D eigenvalue weighted by molar-refractivity contribution is -0.135. The van der Waals surface area contributed by atoms with E-state index in [0.29, 0.717) is 63.3 Å². The number of hydrogen-bond donors (Lipinski definition) is 3. The number of morpholine rings is 1. The van der Waals surface area contributed by atoms with E-state index < -0.39 is 15.6 Å². The largest absolute Gasteiger partial charge is 0.400 e. The van der Waals surface area contributed by atoms with Crippen LogP contribution in [0.2, 0.25) is 5.02 Å². The number of ether oxygens (including phenoxy) is 1. The number of hydrogen-bond acceptors (Lipinski definition) is 7. The van der Waals surface area contributed by atoms with Crippen molar-refractivity contribution in [1.29, 1.82) is 0 Å². The molecule has 1 saturated carbocycles. The molecular formula is C30H37ClN2O6S2. The molecular weight excluding hydrogens is 584 g/mol. The Labute approximate surface area is 252 Å². The van der Waals surface area contributed by atoms with E-state index >= 15 is 0 Å². The van der Waals surface area contributed by atoms with E-state index in [9.17, 15) is 18.0 Å². The number of aliphatic hydroxyl groups is 1. The maximum atomic E-state index is 13.0. The van der Waals surface area contributed by atoms with Crippen LogP contribution in [0.4, 0.5) is 0 Å². The third kappa shape index (κ3) is 9.52. The van der Waals surface area contributed by atoms with E-state index in [1.165, 1.54) is 6.08 Å². The highest BCUT2D eigenvalue weighted by Gasteiger charge is 2.58. The zero-order valence-corrected chi connectivity index (χ0v) is 25.5. The van der Waals surface area contributed by atoms with Crippen molar-refractivity contribution >= 4 is 52.5 Å². The lowest BCUT2D eigenvalue weighted by Crippen LogP contribution is -2.40. The zero-order chi connectivity index (χ0) is 29.9. The first-order valence-corrected chi connectivity index (χ1v) is 15.7. The molecule has 11 heteroatoms. The Morgan fingerprint density at radius 2 is 1.93 bits per heavy atom. The van der Waals surface area contributed by atoms with Gasteiger partial charge >= 0.3 is 0 Å². The number of benzene rings is 1. The van der Waals surface area contributed by atoms with Crippen molar-refractivity contribution in [2.45, 2.75) is 31.2 Å². The summed E-state index contributed by atoms with van der Waals surface area (Å²) in [6.07, 6.45) is 17.7. The number of halogens is 1. The van der Waals surface area contributed by atoms with Gasteiger partial charge in [-0.3, -0.25) is 4.79 Å². The smallest absolute Gasteiger partial charge is 0.247 e. The minimum Gasteiger partial charge on any atom is -0.400 e. The van der Waals surface area contributed by atoms with Crippen molar-refractivity contribution in [3.63, 3.8) is 0 Å². The summed E-state index contributed by atoms with van der Waals surface area (Å²) in [7, 11) is -3.00. The van der Waals surface area contributed by atoms with Crippen LogP contribution in [0.5, 0.6) is 0 Å². The Hall–Kier alpha value is -2.47. The fourth-order valence-electron chi connectivity index (χ4n) is 4.70. The molecule has 1 heterocycles. The predicted octanol–water partition coefficient (Wildman–Crippen LogP) is 4.31. The highest BCUT2D eigenvalue weighted by Crippen LogP contribution is 2.48. The normalized spacial score (nSPS) is 26.7. The lowest BCUT2D eigenvalue weighted by atomic mass is 9.95. The topological polar surface area (TPSA) is 113 Å². The second-order valence-electron chi connectivity index (χ2n) is 9.86. The lowest BCUT2D eigenvalue weighted by Gasteiger charge is -2.27. The molecule has 8 nitrogen and oxygen atoms in total. The minimum atomic E-state index is -4.00. The summed E-state index contributed by atoms with van der Waals surface area (Å²) in [5.41, 5.74) is 0.557. The van der Waals surface area contributed by atoms with Gasteiger partial charge in [-0.25, -0.2) is 8.42 Å². The maximum Gasteiger partial charge on any atom is 0.247 e. The van der Waals surface area contributed by atoms with Gasteiger partial charge in [-0.2, -0.15) is 4.72 Å². The van der Waals surface area contributed by atoms with Crippen molar-refractivity contribution in [2.75, 3.05) is 33.4 Å². The molecule has 1 aromatic rings. The van der Waals surface area contributed by atoms with Gasteiger partial charge in [0.15, 0.2) is 0 Å². The Morgan fingerprint density at radius 3 is 2.61 bits per heavy atom. The first kappa shape index (κ1) is 33.0. The van der Waals surface area contributed by atoms with E-state index in [2.05, 4.69) is 23.4 Å². The SMILES string of the molecule is CO.O=CC1(NS(=O)(=O)/C(S)=C/C=C/c2ccc(Cl)cc2)CC1/C1=C/C/C=C\C(CCC(=O)N2CCOCC2)C=C1. The van der Waals surface area contributed by atoms with E-state index in [-0.39, 0.29) is 22.0 Å². The van der Waals surface area contributed by atoms with Gasteiger partial charge in [-0.05, 0) is 54.5 Å². The predicted molar refractivity (Wildman–Crippen MR) is 166 cm³/mol. The number of allylic oxidation sites excluding steroid dienone is 7. The third-order valence-electron chi connectivity index (χ3n) is 7.08. The Balaban J connectivity index is 0.00000226. The Kier molecular flexibility index (Phi) is 12.6. The second kappa shape index (κ2) is 15.7. The fraction of sp³-hybridized carbons (Fsp3) is 0.400. The van der Waals surface area contributed by atoms with E-state index in [1.807, 2.05) is 41.3 Å². The first-order valence-electron chi connectivity index (χ1n) is 13.4. The third-order valence-corrected chi connectivity index (χ3v) is 9.54. The molecule has 0 radical (unpaired) electrons. The summed E-state index contributed by atoms with van der Waals surface area (Å²) in [6, 6.07) is 7.11. The number of nitrogens with zero attached hydrogens (tertiary/aromatic N) is 1. The molecule has 1 amide bonds. The van der Waals surface area contributed by atoms with Gasteiger partial charge < -0.3 is 19.5 Å². The molecule has 1 saturated heterocycles. The van der Waals surface area contributed by atoms with E-state index in [4.69, 9.17) is 21.4 Å². The summed E-state index contributed by atoms with van der Waals surface area (Å²) in [6.45, 7) is 2.43. The molecule has 3 unspecified atom stereocenters. The van der Waals surface area contributed by atoms with E-state index in [1.54, 1.807) is 24.3 Å². The number of amides is 1. The Bertz CT molecular complexity index is 1310. The van der Waals surface area contributed by atoms with Crippen LogP contribution in [-0.2, 0) is 24.3 Å². The number of sulfonamides is 1. The molecule has 2 aliphatic carbocycles. The van der Waals surface area contributed by atoms with Gasteiger partial charge in [-0.1, -0.05) is 66.3 Å². The van der Waals surface area contributed by atoms with Gasteiger partial charge in [0.25, 0.3) is 0 Å². The van der Waals surface area contributed by atoms with Crippen molar-refractivity contribution in [1.82, 2.24) is 9.62 Å². The van der Waals surface area contributed by atoms with Crippen LogP contribution >= 0.6 is 24.2 Å². The molecule has 0 spiro atoms. The van der Waals surface area contributed by atoms with Crippen LogP contribution in [0.15, 0.2) is 76.6 Å². The zero-order valence-electron chi connectivity index (χ0n) is 23.0. The maximum absolute atomic E-state index is 13.0. The number of carbonyl (C=O) groups excluding carboxylic acids is 2. The average Bonchev–Trinajstić information content (AvgIpc) is 3.68. The Morgan fingerprint density at radius 1 is 1.22 bits per heavy atom. The van der Waals surface area contributed by atoms with Crippen LogP contribution in [0.3, 0.4) is 0 Å². The molecule has 41 heavy (non-hydrogen) atoms. The van der Waals surface area contributed by atoms with Crippen molar-refractivity contribution in [3.8, 4) is 0 Å².